The average Bonchev–Trinajstić information content (AvgIpc) is 3.22. The second kappa shape index (κ2) is 7.43. The number of carbonyl (C=O) groups excluding carboxylic acids is 1. The number of carbonyl (C=O) groups is 1. The Morgan fingerprint density at radius 3 is 2.71 bits per heavy atom. The van der Waals surface area contributed by atoms with Gasteiger partial charge >= 0.3 is 0 Å². The summed E-state index contributed by atoms with van der Waals surface area (Å²) < 4.78 is 14.6. The van der Waals surface area contributed by atoms with Gasteiger partial charge in [-0.1, -0.05) is 43.0 Å². The fraction of sp³-hybridized carbons (Fsp3) is 0.611. The maximum Gasteiger partial charge on any atom is 0.224 e. The van der Waals surface area contributed by atoms with Crippen molar-refractivity contribution < 1.29 is 9.18 Å². The molecule has 1 aliphatic carbocycles. The van der Waals surface area contributed by atoms with Crippen LogP contribution in [0.2, 0.25) is 10.0 Å². The van der Waals surface area contributed by atoms with Crippen molar-refractivity contribution in [3.05, 3.63) is 33.6 Å². The standard InChI is InChI=1S/C18H22Cl2FNOS/c1-18(7-2-3-8-18)16(22-17(23)11-6-9-24-10-11)14-13(21)5-4-12(19)15(14)20/h4-5,11,16H,2-3,6-10H2,1H3,(H,22,23). The van der Waals surface area contributed by atoms with Crippen molar-refractivity contribution in [3.63, 3.8) is 0 Å². The number of hydrogen-bond donors (Lipinski definition) is 1. The molecule has 0 aromatic heterocycles. The molecule has 1 amide bonds. The molecule has 2 aliphatic rings. The third-order valence-electron chi connectivity index (χ3n) is 5.40. The van der Waals surface area contributed by atoms with Gasteiger partial charge in [0, 0.05) is 17.2 Å². The summed E-state index contributed by atoms with van der Waals surface area (Å²) >= 11 is 14.3. The molecule has 1 saturated heterocycles. The fourth-order valence-electron chi connectivity index (χ4n) is 3.87. The molecule has 2 atom stereocenters. The van der Waals surface area contributed by atoms with Gasteiger partial charge in [0.15, 0.2) is 0 Å². The highest BCUT2D eigenvalue weighted by atomic mass is 35.5. The van der Waals surface area contributed by atoms with Crippen molar-refractivity contribution in [2.24, 2.45) is 11.3 Å². The smallest absolute Gasteiger partial charge is 0.224 e. The number of amides is 1. The molecule has 0 bridgehead atoms. The van der Waals surface area contributed by atoms with E-state index >= 15 is 0 Å². The molecule has 1 heterocycles. The fourth-order valence-corrected chi connectivity index (χ4v) is 5.52. The molecule has 1 N–H and O–H groups in total. The van der Waals surface area contributed by atoms with E-state index in [-0.39, 0.29) is 22.3 Å². The number of thioether (sulfide) groups is 1. The minimum absolute atomic E-state index is 0.00326. The Kier molecular flexibility index (Phi) is 5.68. The molecule has 6 heteroatoms. The zero-order valence-corrected chi connectivity index (χ0v) is 16.0. The van der Waals surface area contributed by atoms with E-state index in [1.54, 1.807) is 11.8 Å². The number of halogens is 3. The summed E-state index contributed by atoms with van der Waals surface area (Å²) in [4.78, 5) is 12.7. The van der Waals surface area contributed by atoms with Gasteiger partial charge in [0.25, 0.3) is 0 Å². The molecule has 1 aromatic rings. The van der Waals surface area contributed by atoms with Crippen LogP contribution in [0.15, 0.2) is 12.1 Å². The lowest BCUT2D eigenvalue weighted by Gasteiger charge is -2.36. The molecule has 132 valence electrons. The number of nitrogens with one attached hydrogen (secondary N) is 1. The highest BCUT2D eigenvalue weighted by Gasteiger charge is 2.42. The molecular formula is C18H22Cl2FNOS. The Morgan fingerprint density at radius 1 is 1.38 bits per heavy atom. The maximum absolute atomic E-state index is 14.6. The summed E-state index contributed by atoms with van der Waals surface area (Å²) in [5.74, 6) is 1.45. The summed E-state index contributed by atoms with van der Waals surface area (Å²) in [7, 11) is 0. The van der Waals surface area contributed by atoms with Crippen molar-refractivity contribution in [1.29, 1.82) is 0 Å². The van der Waals surface area contributed by atoms with Crippen LogP contribution in [0.5, 0.6) is 0 Å². The van der Waals surface area contributed by atoms with Gasteiger partial charge in [-0.25, -0.2) is 4.39 Å². The molecule has 2 nitrogen and oxygen atoms in total. The molecule has 3 rings (SSSR count). The van der Waals surface area contributed by atoms with E-state index < -0.39 is 11.9 Å². The highest BCUT2D eigenvalue weighted by Crippen LogP contribution is 2.50. The van der Waals surface area contributed by atoms with Gasteiger partial charge in [0.05, 0.1) is 16.1 Å². The Labute approximate surface area is 156 Å². The van der Waals surface area contributed by atoms with Gasteiger partial charge in [-0.15, -0.1) is 0 Å². The van der Waals surface area contributed by atoms with E-state index in [1.807, 2.05) is 0 Å². The van der Waals surface area contributed by atoms with E-state index in [4.69, 9.17) is 23.2 Å². The molecule has 0 spiro atoms. The monoisotopic (exact) mass is 389 g/mol. The topological polar surface area (TPSA) is 29.1 Å². The van der Waals surface area contributed by atoms with E-state index in [0.29, 0.717) is 10.6 Å². The highest BCUT2D eigenvalue weighted by molar-refractivity contribution is 7.99. The van der Waals surface area contributed by atoms with Crippen molar-refractivity contribution in [2.75, 3.05) is 11.5 Å². The van der Waals surface area contributed by atoms with E-state index in [1.165, 1.54) is 12.1 Å². The summed E-state index contributed by atoms with van der Waals surface area (Å²) in [5, 5.41) is 3.67. The number of hydrogen-bond acceptors (Lipinski definition) is 2. The van der Waals surface area contributed by atoms with Crippen LogP contribution in [0.4, 0.5) is 4.39 Å². The molecule has 1 aromatic carbocycles. The van der Waals surface area contributed by atoms with Crippen molar-refractivity contribution >= 4 is 40.9 Å². The predicted molar refractivity (Wildman–Crippen MR) is 99.3 cm³/mol. The minimum Gasteiger partial charge on any atom is -0.348 e. The molecule has 1 saturated carbocycles. The van der Waals surface area contributed by atoms with Gasteiger partial charge in [-0.2, -0.15) is 11.8 Å². The third kappa shape index (κ3) is 3.56. The first-order chi connectivity index (χ1) is 11.4. The predicted octanol–water partition coefficient (Wildman–Crippen LogP) is 5.62. The van der Waals surface area contributed by atoms with Gasteiger partial charge < -0.3 is 5.32 Å². The first-order valence-corrected chi connectivity index (χ1v) is 10.3. The zero-order chi connectivity index (χ0) is 17.3. The summed E-state index contributed by atoms with van der Waals surface area (Å²) in [5.41, 5.74) is 0.142. The largest absolute Gasteiger partial charge is 0.348 e. The van der Waals surface area contributed by atoms with Crippen molar-refractivity contribution in [3.8, 4) is 0 Å². The lowest BCUT2D eigenvalue weighted by atomic mass is 9.76. The van der Waals surface area contributed by atoms with Crippen molar-refractivity contribution in [1.82, 2.24) is 5.32 Å². The zero-order valence-electron chi connectivity index (χ0n) is 13.7. The van der Waals surface area contributed by atoms with Crippen LogP contribution in [0.1, 0.15) is 50.6 Å². The molecule has 2 unspecified atom stereocenters. The van der Waals surface area contributed by atoms with E-state index in [2.05, 4.69) is 12.2 Å². The van der Waals surface area contributed by atoms with Crippen LogP contribution in [-0.2, 0) is 4.79 Å². The second-order valence-corrected chi connectivity index (χ2v) is 9.06. The van der Waals surface area contributed by atoms with Gasteiger partial charge in [-0.3, -0.25) is 4.79 Å². The van der Waals surface area contributed by atoms with Crippen LogP contribution < -0.4 is 5.32 Å². The Hall–Kier alpha value is -0.450. The first-order valence-electron chi connectivity index (χ1n) is 8.44. The average molecular weight is 390 g/mol. The second-order valence-electron chi connectivity index (χ2n) is 7.12. The van der Waals surface area contributed by atoms with Crippen LogP contribution in [0, 0.1) is 17.2 Å². The van der Waals surface area contributed by atoms with Gasteiger partial charge in [0.1, 0.15) is 5.82 Å². The SMILES string of the molecule is CC1(C(NC(=O)C2CCSC2)c2c(F)ccc(Cl)c2Cl)CCCC1. The molecule has 1 aliphatic heterocycles. The van der Waals surface area contributed by atoms with Gasteiger partial charge in [0.2, 0.25) is 5.91 Å². The van der Waals surface area contributed by atoms with Crippen LogP contribution in [0.25, 0.3) is 0 Å². The molecule has 24 heavy (non-hydrogen) atoms. The molecule has 0 radical (unpaired) electrons. The molecular weight excluding hydrogens is 368 g/mol. The molecule has 2 fully saturated rings. The van der Waals surface area contributed by atoms with Crippen LogP contribution in [-0.4, -0.2) is 17.4 Å². The van der Waals surface area contributed by atoms with Crippen LogP contribution >= 0.6 is 35.0 Å². The van der Waals surface area contributed by atoms with Crippen molar-refractivity contribution in [2.45, 2.75) is 45.1 Å². The third-order valence-corrected chi connectivity index (χ3v) is 7.38. The van der Waals surface area contributed by atoms with Crippen LogP contribution in [0.3, 0.4) is 0 Å². The summed E-state index contributed by atoms with van der Waals surface area (Å²) in [6.07, 6.45) is 4.94. The Balaban J connectivity index is 1.96. The lowest BCUT2D eigenvalue weighted by Crippen LogP contribution is -2.41. The van der Waals surface area contributed by atoms with Gasteiger partial charge in [-0.05, 0) is 42.6 Å². The number of benzene rings is 1. The summed E-state index contributed by atoms with van der Waals surface area (Å²) in [6, 6.07) is 2.36. The minimum atomic E-state index is -0.440. The van der Waals surface area contributed by atoms with E-state index in [0.717, 1.165) is 43.6 Å². The quantitative estimate of drug-likeness (QED) is 0.676. The lowest BCUT2D eigenvalue weighted by molar-refractivity contribution is -0.126. The Bertz CT molecular complexity index is 628. The first kappa shape index (κ1) is 18.3. The Morgan fingerprint density at radius 2 is 2.08 bits per heavy atom. The summed E-state index contributed by atoms with van der Waals surface area (Å²) in [6.45, 7) is 2.12. The number of rotatable bonds is 4. The van der Waals surface area contributed by atoms with E-state index in [9.17, 15) is 9.18 Å². The maximum atomic E-state index is 14.6. The normalized spacial score (nSPS) is 24.1.